The smallest absolute Gasteiger partial charge is 0.0544 e. The number of aryl methyl sites for hydroxylation is 1. The first kappa shape index (κ1) is 14.2. The molecule has 2 heterocycles. The standard InChI is InChI=1S/C19H22N2S/c1-13-6-8-14(9-7-13)22-18-5-3-4-15-16-12-20-11-10-17(16)21(2)19(15)18/h3-9,16-17,20H,10-12H2,1-2H3/t16-,17+/m1/s1. The monoisotopic (exact) mass is 310 g/mol. The van der Waals surface area contributed by atoms with Crippen molar-refractivity contribution in [3.05, 3.63) is 53.6 Å². The van der Waals surface area contributed by atoms with E-state index < -0.39 is 0 Å². The molecule has 2 aromatic carbocycles. The second-order valence-electron chi connectivity index (χ2n) is 6.39. The number of benzene rings is 2. The summed E-state index contributed by atoms with van der Waals surface area (Å²) >= 11 is 1.89. The summed E-state index contributed by atoms with van der Waals surface area (Å²) in [6.45, 7) is 4.39. The average Bonchev–Trinajstić information content (AvgIpc) is 2.84. The van der Waals surface area contributed by atoms with E-state index in [1.54, 1.807) is 0 Å². The maximum Gasteiger partial charge on any atom is 0.0544 e. The maximum absolute atomic E-state index is 3.56. The first-order chi connectivity index (χ1) is 10.7. The van der Waals surface area contributed by atoms with Crippen LogP contribution in [0.15, 0.2) is 52.3 Å². The summed E-state index contributed by atoms with van der Waals surface area (Å²) in [6, 6.07) is 16.3. The maximum atomic E-state index is 3.56. The number of anilines is 1. The molecule has 0 aliphatic carbocycles. The highest BCUT2D eigenvalue weighted by Gasteiger charge is 2.39. The van der Waals surface area contributed by atoms with Gasteiger partial charge in [0.05, 0.1) is 5.69 Å². The van der Waals surface area contributed by atoms with E-state index in [1.807, 2.05) is 11.8 Å². The molecular formula is C19H22N2S. The van der Waals surface area contributed by atoms with Gasteiger partial charge < -0.3 is 10.2 Å². The number of hydrogen-bond acceptors (Lipinski definition) is 3. The minimum absolute atomic E-state index is 0.646. The van der Waals surface area contributed by atoms with Crippen LogP contribution in [0.3, 0.4) is 0 Å². The number of piperidine rings is 1. The fraction of sp³-hybridized carbons (Fsp3) is 0.368. The molecule has 22 heavy (non-hydrogen) atoms. The van der Waals surface area contributed by atoms with Crippen molar-refractivity contribution in [1.29, 1.82) is 0 Å². The Hall–Kier alpha value is -1.45. The van der Waals surface area contributed by atoms with Gasteiger partial charge in [-0.15, -0.1) is 0 Å². The largest absolute Gasteiger partial charge is 0.370 e. The van der Waals surface area contributed by atoms with E-state index in [0.29, 0.717) is 12.0 Å². The van der Waals surface area contributed by atoms with Crippen LogP contribution >= 0.6 is 11.8 Å². The summed E-state index contributed by atoms with van der Waals surface area (Å²) in [7, 11) is 2.27. The molecule has 2 aliphatic rings. The SMILES string of the molecule is Cc1ccc(Sc2cccc3c2N(C)[C@H]2CCNC[C@H]32)cc1. The molecule has 0 radical (unpaired) electrons. The van der Waals surface area contributed by atoms with Gasteiger partial charge in [0.15, 0.2) is 0 Å². The molecule has 1 fully saturated rings. The molecule has 2 nitrogen and oxygen atoms in total. The van der Waals surface area contributed by atoms with Gasteiger partial charge in [0.2, 0.25) is 0 Å². The predicted octanol–water partition coefficient (Wildman–Crippen LogP) is 4.04. The van der Waals surface area contributed by atoms with Gasteiger partial charge in [0.1, 0.15) is 0 Å². The van der Waals surface area contributed by atoms with E-state index in [9.17, 15) is 0 Å². The van der Waals surface area contributed by atoms with Crippen LogP contribution in [0.4, 0.5) is 5.69 Å². The van der Waals surface area contributed by atoms with Crippen LogP contribution in [-0.2, 0) is 0 Å². The number of rotatable bonds is 2. The molecule has 0 amide bonds. The molecule has 2 aromatic rings. The van der Waals surface area contributed by atoms with E-state index in [1.165, 1.54) is 33.0 Å². The van der Waals surface area contributed by atoms with Crippen LogP contribution in [0.2, 0.25) is 0 Å². The van der Waals surface area contributed by atoms with Crippen molar-refractivity contribution in [2.24, 2.45) is 0 Å². The lowest BCUT2D eigenvalue weighted by molar-refractivity contribution is 0.413. The lowest BCUT2D eigenvalue weighted by Gasteiger charge is -2.31. The first-order valence-corrected chi connectivity index (χ1v) is 8.86. The Labute approximate surface area is 136 Å². The van der Waals surface area contributed by atoms with Crippen molar-refractivity contribution in [1.82, 2.24) is 5.32 Å². The van der Waals surface area contributed by atoms with Gasteiger partial charge in [-0.1, -0.05) is 41.6 Å². The van der Waals surface area contributed by atoms with Gasteiger partial charge in [-0.3, -0.25) is 0 Å². The third-order valence-corrected chi connectivity index (χ3v) is 6.03. The molecule has 114 valence electrons. The van der Waals surface area contributed by atoms with Crippen LogP contribution in [0.5, 0.6) is 0 Å². The second-order valence-corrected chi connectivity index (χ2v) is 7.50. The fourth-order valence-electron chi connectivity index (χ4n) is 3.82. The van der Waals surface area contributed by atoms with E-state index >= 15 is 0 Å². The molecule has 3 heteroatoms. The highest BCUT2D eigenvalue weighted by molar-refractivity contribution is 7.99. The number of para-hydroxylation sites is 1. The third kappa shape index (κ3) is 2.33. The van der Waals surface area contributed by atoms with Crippen molar-refractivity contribution in [2.75, 3.05) is 25.0 Å². The number of nitrogens with one attached hydrogen (secondary N) is 1. The number of nitrogens with zero attached hydrogens (tertiary/aromatic N) is 1. The summed E-state index contributed by atoms with van der Waals surface area (Å²) in [6.07, 6.45) is 1.24. The van der Waals surface area contributed by atoms with Crippen molar-refractivity contribution in [3.8, 4) is 0 Å². The fourth-order valence-corrected chi connectivity index (χ4v) is 4.85. The molecule has 4 rings (SSSR count). The Kier molecular flexibility index (Phi) is 3.63. The van der Waals surface area contributed by atoms with Gasteiger partial charge in [0, 0.05) is 35.3 Å². The summed E-state index contributed by atoms with van der Waals surface area (Å²) in [5.74, 6) is 0.646. The second kappa shape index (κ2) is 5.64. The molecular weight excluding hydrogens is 288 g/mol. The van der Waals surface area contributed by atoms with Crippen LogP contribution in [0.25, 0.3) is 0 Å². The molecule has 0 bridgehead atoms. The normalized spacial score (nSPS) is 23.3. The Morgan fingerprint density at radius 3 is 2.77 bits per heavy atom. The lowest BCUT2D eigenvalue weighted by atomic mass is 9.90. The number of fused-ring (bicyclic) bond motifs is 3. The minimum Gasteiger partial charge on any atom is -0.370 e. The summed E-state index contributed by atoms with van der Waals surface area (Å²) in [4.78, 5) is 5.23. The molecule has 0 aromatic heterocycles. The van der Waals surface area contributed by atoms with Gasteiger partial charge in [0.25, 0.3) is 0 Å². The van der Waals surface area contributed by atoms with Crippen molar-refractivity contribution >= 4 is 17.4 Å². The molecule has 2 aliphatic heterocycles. The lowest BCUT2D eigenvalue weighted by Crippen LogP contribution is -2.42. The third-order valence-electron chi connectivity index (χ3n) is 4.97. The van der Waals surface area contributed by atoms with Crippen molar-refractivity contribution in [3.63, 3.8) is 0 Å². The topological polar surface area (TPSA) is 15.3 Å². The zero-order valence-corrected chi connectivity index (χ0v) is 14.0. The summed E-state index contributed by atoms with van der Waals surface area (Å²) < 4.78 is 0. The quantitative estimate of drug-likeness (QED) is 0.901. The van der Waals surface area contributed by atoms with Crippen LogP contribution in [0.1, 0.15) is 23.5 Å². The average molecular weight is 310 g/mol. The Morgan fingerprint density at radius 2 is 1.95 bits per heavy atom. The van der Waals surface area contributed by atoms with Crippen LogP contribution < -0.4 is 10.2 Å². The van der Waals surface area contributed by atoms with E-state index in [-0.39, 0.29) is 0 Å². The molecule has 1 N–H and O–H groups in total. The zero-order valence-electron chi connectivity index (χ0n) is 13.2. The Bertz CT molecular complexity index is 680. The van der Waals surface area contributed by atoms with Gasteiger partial charge in [-0.2, -0.15) is 0 Å². The molecule has 2 atom stereocenters. The minimum atomic E-state index is 0.646. The van der Waals surface area contributed by atoms with Gasteiger partial charge in [-0.05, 0) is 43.7 Å². The molecule has 0 unspecified atom stereocenters. The van der Waals surface area contributed by atoms with Crippen LogP contribution in [-0.4, -0.2) is 26.2 Å². The van der Waals surface area contributed by atoms with Crippen molar-refractivity contribution in [2.45, 2.75) is 35.1 Å². The first-order valence-electron chi connectivity index (χ1n) is 8.05. The van der Waals surface area contributed by atoms with Gasteiger partial charge in [-0.25, -0.2) is 0 Å². The van der Waals surface area contributed by atoms with E-state index in [2.05, 4.69) is 66.7 Å². The Morgan fingerprint density at radius 1 is 1.14 bits per heavy atom. The molecule has 0 saturated carbocycles. The zero-order chi connectivity index (χ0) is 15.1. The van der Waals surface area contributed by atoms with Crippen LogP contribution in [0, 0.1) is 6.92 Å². The number of likely N-dealkylation sites (N-methyl/N-ethyl adjacent to an activating group) is 1. The van der Waals surface area contributed by atoms with E-state index in [0.717, 1.165) is 13.1 Å². The molecule has 1 saturated heterocycles. The Balaban J connectivity index is 1.71. The highest BCUT2D eigenvalue weighted by atomic mass is 32.2. The highest BCUT2D eigenvalue weighted by Crippen LogP contribution is 2.48. The van der Waals surface area contributed by atoms with Gasteiger partial charge >= 0.3 is 0 Å². The summed E-state index contributed by atoms with van der Waals surface area (Å²) in [5, 5.41) is 3.56. The van der Waals surface area contributed by atoms with Crippen molar-refractivity contribution < 1.29 is 0 Å². The van der Waals surface area contributed by atoms with E-state index in [4.69, 9.17) is 0 Å². The predicted molar refractivity (Wildman–Crippen MR) is 94.2 cm³/mol. The summed E-state index contributed by atoms with van der Waals surface area (Å²) in [5.41, 5.74) is 4.29. The molecule has 0 spiro atoms. The number of hydrogen-bond donors (Lipinski definition) is 1.